The van der Waals surface area contributed by atoms with Crippen molar-refractivity contribution in [1.29, 1.82) is 0 Å². The van der Waals surface area contributed by atoms with Crippen LogP contribution in [-0.4, -0.2) is 5.91 Å². The Kier molecular flexibility index (Phi) is 3.86. The van der Waals surface area contributed by atoms with Crippen molar-refractivity contribution in [1.82, 2.24) is 0 Å². The van der Waals surface area contributed by atoms with Crippen molar-refractivity contribution in [3.05, 3.63) is 43.5 Å². The molecule has 0 radical (unpaired) electrons. The number of thiophene rings is 1. The Hall–Kier alpha value is -0.850. The summed E-state index contributed by atoms with van der Waals surface area (Å²) in [6, 6.07) is 8.93. The number of hydrogen-bond donors (Lipinski definition) is 2. The molecule has 0 aliphatic heterocycles. The van der Waals surface area contributed by atoms with Crippen LogP contribution in [-0.2, 0) is 0 Å². The lowest BCUT2D eigenvalue weighted by atomic mass is 10.2. The van der Waals surface area contributed by atoms with E-state index in [9.17, 15) is 4.79 Å². The minimum absolute atomic E-state index is 0.167. The van der Waals surface area contributed by atoms with Crippen molar-refractivity contribution in [2.24, 2.45) is 0 Å². The maximum Gasteiger partial charge on any atom is 0.265 e. The van der Waals surface area contributed by atoms with Crippen molar-refractivity contribution >= 4 is 60.5 Å². The van der Waals surface area contributed by atoms with Crippen molar-refractivity contribution in [2.75, 3.05) is 11.1 Å². The van der Waals surface area contributed by atoms with Gasteiger partial charge in [0.05, 0.1) is 20.0 Å². The van der Waals surface area contributed by atoms with Crippen LogP contribution in [0.4, 0.5) is 11.4 Å². The standard InChI is InChI=1S/C11H8Br2N2OS/c12-6-5-9(17-10(6)13)11(16)15-8-4-2-1-3-7(8)14/h1-5H,14H2,(H,15,16). The molecule has 3 N–H and O–H groups in total. The molecule has 1 aromatic heterocycles. The van der Waals surface area contributed by atoms with E-state index in [0.717, 1.165) is 8.26 Å². The Morgan fingerprint density at radius 3 is 2.59 bits per heavy atom. The van der Waals surface area contributed by atoms with E-state index in [4.69, 9.17) is 5.73 Å². The summed E-state index contributed by atoms with van der Waals surface area (Å²) in [4.78, 5) is 12.6. The largest absolute Gasteiger partial charge is 0.397 e. The maximum atomic E-state index is 11.9. The average molecular weight is 376 g/mol. The summed E-state index contributed by atoms with van der Waals surface area (Å²) in [5, 5.41) is 2.77. The van der Waals surface area contributed by atoms with Gasteiger partial charge < -0.3 is 11.1 Å². The predicted molar refractivity (Wildman–Crippen MR) is 78.5 cm³/mol. The van der Waals surface area contributed by atoms with Crippen LogP contribution in [0.1, 0.15) is 9.67 Å². The van der Waals surface area contributed by atoms with Crippen molar-refractivity contribution in [3.63, 3.8) is 0 Å². The second-order valence-electron chi connectivity index (χ2n) is 3.27. The van der Waals surface area contributed by atoms with Gasteiger partial charge in [-0.25, -0.2) is 0 Å². The monoisotopic (exact) mass is 374 g/mol. The molecule has 2 rings (SSSR count). The van der Waals surface area contributed by atoms with Crippen molar-refractivity contribution in [2.45, 2.75) is 0 Å². The molecular formula is C11H8Br2N2OS. The number of rotatable bonds is 2. The Balaban J connectivity index is 2.20. The molecule has 1 heterocycles. The zero-order valence-corrected chi connectivity index (χ0v) is 12.5. The van der Waals surface area contributed by atoms with Gasteiger partial charge in [-0.15, -0.1) is 11.3 Å². The number of para-hydroxylation sites is 2. The summed E-state index contributed by atoms with van der Waals surface area (Å²) < 4.78 is 1.76. The molecule has 0 unspecified atom stereocenters. The number of carbonyl (C=O) groups excluding carboxylic acids is 1. The van der Waals surface area contributed by atoms with Crippen LogP contribution < -0.4 is 11.1 Å². The molecule has 88 valence electrons. The highest BCUT2D eigenvalue weighted by Gasteiger charge is 2.12. The Morgan fingerprint density at radius 1 is 1.29 bits per heavy atom. The first kappa shape index (κ1) is 12.6. The number of halogens is 2. The highest BCUT2D eigenvalue weighted by Crippen LogP contribution is 2.32. The number of benzene rings is 1. The lowest BCUT2D eigenvalue weighted by molar-refractivity contribution is 0.103. The van der Waals surface area contributed by atoms with E-state index in [-0.39, 0.29) is 5.91 Å². The topological polar surface area (TPSA) is 55.1 Å². The van der Waals surface area contributed by atoms with E-state index in [1.807, 2.05) is 12.1 Å². The lowest BCUT2D eigenvalue weighted by Crippen LogP contribution is -2.11. The Labute approximate surface area is 119 Å². The van der Waals surface area contributed by atoms with Gasteiger partial charge in [-0.3, -0.25) is 4.79 Å². The molecule has 0 spiro atoms. The van der Waals surface area contributed by atoms with E-state index in [0.29, 0.717) is 16.3 Å². The van der Waals surface area contributed by atoms with Crippen molar-refractivity contribution in [3.8, 4) is 0 Å². The third-order valence-electron chi connectivity index (χ3n) is 2.08. The summed E-state index contributed by atoms with van der Waals surface area (Å²) in [5.74, 6) is -0.167. The van der Waals surface area contributed by atoms with Crippen LogP contribution in [0.15, 0.2) is 38.6 Å². The minimum atomic E-state index is -0.167. The molecule has 0 saturated carbocycles. The van der Waals surface area contributed by atoms with E-state index in [1.165, 1.54) is 11.3 Å². The van der Waals surface area contributed by atoms with E-state index < -0.39 is 0 Å². The number of carbonyl (C=O) groups is 1. The van der Waals surface area contributed by atoms with Gasteiger partial charge in [0.25, 0.3) is 5.91 Å². The molecule has 6 heteroatoms. The lowest BCUT2D eigenvalue weighted by Gasteiger charge is -2.05. The second kappa shape index (κ2) is 5.20. The molecule has 0 atom stereocenters. The van der Waals surface area contributed by atoms with Gasteiger partial charge in [-0.2, -0.15) is 0 Å². The third-order valence-corrected chi connectivity index (χ3v) is 5.33. The summed E-state index contributed by atoms with van der Waals surface area (Å²) in [5.41, 5.74) is 6.93. The Morgan fingerprint density at radius 2 is 2.00 bits per heavy atom. The van der Waals surface area contributed by atoms with E-state index in [1.54, 1.807) is 18.2 Å². The minimum Gasteiger partial charge on any atom is -0.397 e. The van der Waals surface area contributed by atoms with Gasteiger partial charge in [0.2, 0.25) is 0 Å². The number of nitrogen functional groups attached to an aromatic ring is 1. The molecule has 1 amide bonds. The second-order valence-corrected chi connectivity index (χ2v) is 6.50. The van der Waals surface area contributed by atoms with Gasteiger partial charge in [0.1, 0.15) is 0 Å². The smallest absolute Gasteiger partial charge is 0.265 e. The van der Waals surface area contributed by atoms with Gasteiger partial charge in [-0.1, -0.05) is 12.1 Å². The number of anilines is 2. The van der Waals surface area contributed by atoms with Crippen LogP contribution in [0.5, 0.6) is 0 Å². The number of amides is 1. The molecule has 17 heavy (non-hydrogen) atoms. The normalized spacial score (nSPS) is 10.2. The Bertz CT molecular complexity index is 549. The molecule has 2 aromatic rings. The summed E-state index contributed by atoms with van der Waals surface area (Å²) in [6.07, 6.45) is 0. The van der Waals surface area contributed by atoms with Crippen LogP contribution in [0.2, 0.25) is 0 Å². The molecular weight excluding hydrogens is 368 g/mol. The quantitative estimate of drug-likeness (QED) is 0.776. The third kappa shape index (κ3) is 2.88. The first-order chi connectivity index (χ1) is 8.08. The van der Waals surface area contributed by atoms with Gasteiger partial charge in [-0.05, 0) is 50.1 Å². The maximum absolute atomic E-state index is 11.9. The molecule has 0 aliphatic rings. The van der Waals surface area contributed by atoms with E-state index in [2.05, 4.69) is 37.2 Å². The average Bonchev–Trinajstić information content (AvgIpc) is 2.63. The first-order valence-electron chi connectivity index (χ1n) is 4.68. The number of nitrogens with one attached hydrogen (secondary N) is 1. The fourth-order valence-electron chi connectivity index (χ4n) is 1.25. The molecule has 0 bridgehead atoms. The number of nitrogens with two attached hydrogens (primary N) is 1. The molecule has 0 saturated heterocycles. The van der Waals surface area contributed by atoms with Gasteiger partial charge >= 0.3 is 0 Å². The van der Waals surface area contributed by atoms with Crippen LogP contribution in [0, 0.1) is 0 Å². The van der Waals surface area contributed by atoms with E-state index >= 15 is 0 Å². The molecule has 0 fully saturated rings. The van der Waals surface area contributed by atoms with Gasteiger partial charge in [0.15, 0.2) is 0 Å². The van der Waals surface area contributed by atoms with Crippen LogP contribution in [0.25, 0.3) is 0 Å². The highest BCUT2D eigenvalue weighted by molar-refractivity contribution is 9.13. The summed E-state index contributed by atoms with van der Waals surface area (Å²) in [6.45, 7) is 0. The zero-order valence-electron chi connectivity index (χ0n) is 8.54. The molecule has 3 nitrogen and oxygen atoms in total. The predicted octanol–water partition coefficient (Wildman–Crippen LogP) is 4.11. The first-order valence-corrected chi connectivity index (χ1v) is 7.09. The van der Waals surface area contributed by atoms with Crippen LogP contribution >= 0.6 is 43.2 Å². The molecule has 0 aliphatic carbocycles. The SMILES string of the molecule is Nc1ccccc1NC(=O)c1cc(Br)c(Br)s1. The van der Waals surface area contributed by atoms with Crippen LogP contribution in [0.3, 0.4) is 0 Å². The fourth-order valence-corrected chi connectivity index (χ4v) is 3.18. The molecule has 1 aromatic carbocycles. The van der Waals surface area contributed by atoms with Crippen molar-refractivity contribution < 1.29 is 4.79 Å². The van der Waals surface area contributed by atoms with Gasteiger partial charge in [0, 0.05) is 4.47 Å². The summed E-state index contributed by atoms with van der Waals surface area (Å²) >= 11 is 8.06. The number of hydrogen-bond acceptors (Lipinski definition) is 3. The highest BCUT2D eigenvalue weighted by atomic mass is 79.9. The summed E-state index contributed by atoms with van der Waals surface area (Å²) in [7, 11) is 0. The fraction of sp³-hybridized carbons (Fsp3) is 0. The zero-order chi connectivity index (χ0) is 12.4.